The minimum absolute atomic E-state index is 0.622. The molecule has 0 aliphatic carbocycles. The van der Waals surface area contributed by atoms with Crippen molar-refractivity contribution in [2.45, 2.75) is 24.4 Å². The molecule has 0 radical (unpaired) electrons. The number of oxazole rings is 1. The second-order valence-electron chi connectivity index (χ2n) is 7.07. The molecule has 0 aliphatic rings. The molecule has 31 heavy (non-hydrogen) atoms. The van der Waals surface area contributed by atoms with Crippen LogP contribution in [-0.2, 0) is 12.3 Å². The van der Waals surface area contributed by atoms with E-state index in [0.717, 1.165) is 33.6 Å². The lowest BCUT2D eigenvalue weighted by Gasteiger charge is -2.09. The van der Waals surface area contributed by atoms with E-state index in [9.17, 15) is 0 Å². The first-order valence-electron chi connectivity index (χ1n) is 9.92. The quantitative estimate of drug-likeness (QED) is 0.303. The summed E-state index contributed by atoms with van der Waals surface area (Å²) in [6.07, 6.45) is 3.38. The summed E-state index contributed by atoms with van der Waals surface area (Å²) < 4.78 is 13.3. The van der Waals surface area contributed by atoms with E-state index in [1.807, 2.05) is 61.5 Å². The molecule has 0 bridgehead atoms. The van der Waals surface area contributed by atoms with Crippen LogP contribution in [0.15, 0.2) is 93.2 Å². The molecule has 0 atom stereocenters. The molecule has 6 nitrogen and oxygen atoms in total. The van der Waals surface area contributed by atoms with Crippen molar-refractivity contribution >= 4 is 11.8 Å². The average molecular weight is 429 g/mol. The molecule has 7 heteroatoms. The number of aryl methyl sites for hydroxylation is 1. The smallest absolute Gasteiger partial charge is 0.226 e. The van der Waals surface area contributed by atoms with Crippen molar-refractivity contribution in [2.24, 2.45) is 0 Å². The lowest BCUT2D eigenvalue weighted by atomic mass is 10.2. The molecular weight excluding hydrogens is 408 g/mol. The molecule has 5 aromatic rings. The Morgan fingerprint density at radius 1 is 0.903 bits per heavy atom. The van der Waals surface area contributed by atoms with Crippen molar-refractivity contribution in [2.75, 3.05) is 0 Å². The van der Waals surface area contributed by atoms with Crippen molar-refractivity contribution in [3.63, 3.8) is 0 Å². The fourth-order valence-corrected chi connectivity index (χ4v) is 4.16. The van der Waals surface area contributed by atoms with E-state index in [1.54, 1.807) is 24.3 Å². The Hall–Kier alpha value is -3.58. The number of hydrogen-bond donors (Lipinski definition) is 0. The van der Waals surface area contributed by atoms with Gasteiger partial charge in [-0.1, -0.05) is 60.3 Å². The molecule has 0 spiro atoms. The van der Waals surface area contributed by atoms with Gasteiger partial charge in [-0.25, -0.2) is 4.98 Å². The highest BCUT2D eigenvalue weighted by Crippen LogP contribution is 2.30. The predicted octanol–water partition coefficient (Wildman–Crippen LogP) is 5.84. The van der Waals surface area contributed by atoms with Crippen molar-refractivity contribution in [3.8, 4) is 22.8 Å². The number of nitrogens with zero attached hydrogens (tertiary/aromatic N) is 4. The summed E-state index contributed by atoms with van der Waals surface area (Å²) in [5.74, 6) is 2.87. The van der Waals surface area contributed by atoms with E-state index in [-0.39, 0.29) is 0 Å². The Kier molecular flexibility index (Phi) is 5.41. The highest BCUT2D eigenvalue weighted by atomic mass is 32.2. The molecule has 0 unspecified atom stereocenters. The first kappa shape index (κ1) is 19.4. The maximum Gasteiger partial charge on any atom is 0.226 e. The number of thioether (sulfide) groups is 1. The molecule has 0 amide bonds. The normalized spacial score (nSPS) is 11.1. The number of furan rings is 1. The predicted molar refractivity (Wildman–Crippen MR) is 120 cm³/mol. The molecule has 154 valence electrons. The zero-order valence-electron chi connectivity index (χ0n) is 16.9. The fraction of sp³-hybridized carbons (Fsp3) is 0.125. The molecule has 2 aromatic carbocycles. The van der Waals surface area contributed by atoms with E-state index in [0.29, 0.717) is 18.2 Å². The SMILES string of the molecule is Cc1occc1-c1nnc(SCc2coc(-c3ccccc3)n2)n1Cc1ccccc1. The Bertz CT molecular complexity index is 1280. The van der Waals surface area contributed by atoms with E-state index in [1.165, 1.54) is 5.56 Å². The van der Waals surface area contributed by atoms with Crippen LogP contribution in [0.25, 0.3) is 22.8 Å². The molecule has 0 N–H and O–H groups in total. The second kappa shape index (κ2) is 8.65. The van der Waals surface area contributed by atoms with Gasteiger partial charge in [-0.05, 0) is 30.7 Å². The lowest BCUT2D eigenvalue weighted by Crippen LogP contribution is -2.04. The Morgan fingerprint density at radius 3 is 2.42 bits per heavy atom. The van der Waals surface area contributed by atoms with Crippen LogP contribution in [0.2, 0.25) is 0 Å². The third-order valence-electron chi connectivity index (χ3n) is 4.92. The third-order valence-corrected chi connectivity index (χ3v) is 5.92. The first-order valence-corrected chi connectivity index (χ1v) is 10.9. The van der Waals surface area contributed by atoms with E-state index >= 15 is 0 Å². The van der Waals surface area contributed by atoms with Crippen LogP contribution in [0.3, 0.4) is 0 Å². The Balaban J connectivity index is 1.41. The summed E-state index contributed by atoms with van der Waals surface area (Å²) in [4.78, 5) is 4.62. The first-order chi connectivity index (χ1) is 15.3. The van der Waals surface area contributed by atoms with Crippen LogP contribution >= 0.6 is 11.8 Å². The zero-order valence-corrected chi connectivity index (χ0v) is 17.7. The Morgan fingerprint density at radius 2 is 1.68 bits per heavy atom. The zero-order chi connectivity index (χ0) is 21.0. The van der Waals surface area contributed by atoms with Gasteiger partial charge in [-0.2, -0.15) is 0 Å². The molecule has 0 fully saturated rings. The van der Waals surface area contributed by atoms with E-state index in [2.05, 4.69) is 31.9 Å². The van der Waals surface area contributed by atoms with Crippen LogP contribution in [0.4, 0.5) is 0 Å². The van der Waals surface area contributed by atoms with Crippen molar-refractivity contribution in [3.05, 3.63) is 96.3 Å². The van der Waals surface area contributed by atoms with Crippen molar-refractivity contribution in [1.29, 1.82) is 0 Å². The van der Waals surface area contributed by atoms with Gasteiger partial charge in [0.25, 0.3) is 0 Å². The van der Waals surface area contributed by atoms with Crippen molar-refractivity contribution < 1.29 is 8.83 Å². The molecule has 3 aromatic heterocycles. The average Bonchev–Trinajstić information content (AvgIpc) is 3.54. The summed E-state index contributed by atoms with van der Waals surface area (Å²) in [7, 11) is 0. The number of hydrogen-bond acceptors (Lipinski definition) is 6. The Labute approximate surface area is 184 Å². The minimum atomic E-state index is 0.622. The van der Waals surface area contributed by atoms with Crippen LogP contribution < -0.4 is 0 Å². The molecular formula is C24H20N4O2S. The topological polar surface area (TPSA) is 69.9 Å². The third kappa shape index (κ3) is 4.18. The highest BCUT2D eigenvalue weighted by molar-refractivity contribution is 7.98. The lowest BCUT2D eigenvalue weighted by molar-refractivity contribution is 0.534. The summed E-state index contributed by atoms with van der Waals surface area (Å²) in [6, 6.07) is 22.1. The number of benzene rings is 2. The van der Waals surface area contributed by atoms with Crippen LogP contribution in [0.5, 0.6) is 0 Å². The van der Waals surface area contributed by atoms with Gasteiger partial charge in [-0.3, -0.25) is 4.57 Å². The monoisotopic (exact) mass is 428 g/mol. The number of aromatic nitrogens is 4. The van der Waals surface area contributed by atoms with Gasteiger partial charge in [0.1, 0.15) is 12.0 Å². The van der Waals surface area contributed by atoms with Crippen molar-refractivity contribution in [1.82, 2.24) is 19.7 Å². The molecule has 5 rings (SSSR count). The number of rotatable bonds is 7. The molecule has 3 heterocycles. The largest absolute Gasteiger partial charge is 0.469 e. The van der Waals surface area contributed by atoms with Crippen LogP contribution in [-0.4, -0.2) is 19.7 Å². The minimum Gasteiger partial charge on any atom is -0.469 e. The van der Waals surface area contributed by atoms with Crippen LogP contribution in [0, 0.1) is 6.92 Å². The summed E-state index contributed by atoms with van der Waals surface area (Å²) in [5, 5.41) is 9.76. The van der Waals surface area contributed by atoms with E-state index in [4.69, 9.17) is 8.83 Å². The maximum atomic E-state index is 5.67. The second-order valence-corrected chi connectivity index (χ2v) is 8.01. The van der Waals surface area contributed by atoms with Gasteiger partial charge in [0.15, 0.2) is 11.0 Å². The van der Waals surface area contributed by atoms with Gasteiger partial charge in [0, 0.05) is 11.3 Å². The molecule has 0 saturated carbocycles. The standard InChI is InChI=1S/C24H20N4O2S/c1-17-21(12-13-29-17)22-26-27-24(28(22)14-18-8-4-2-5-9-18)31-16-20-15-30-23(25-20)19-10-6-3-7-11-19/h2-13,15H,14,16H2,1H3. The van der Waals surface area contributed by atoms with Gasteiger partial charge >= 0.3 is 0 Å². The van der Waals surface area contributed by atoms with Gasteiger partial charge < -0.3 is 8.83 Å². The van der Waals surface area contributed by atoms with Gasteiger partial charge in [0.05, 0.1) is 24.1 Å². The van der Waals surface area contributed by atoms with E-state index < -0.39 is 0 Å². The van der Waals surface area contributed by atoms with Crippen LogP contribution in [0.1, 0.15) is 17.0 Å². The molecule has 0 saturated heterocycles. The summed E-state index contributed by atoms with van der Waals surface area (Å²) in [5.41, 5.74) is 3.95. The highest BCUT2D eigenvalue weighted by Gasteiger charge is 2.18. The molecule has 0 aliphatic heterocycles. The fourth-order valence-electron chi connectivity index (χ4n) is 3.35. The van der Waals surface area contributed by atoms with Gasteiger partial charge in [-0.15, -0.1) is 10.2 Å². The summed E-state index contributed by atoms with van der Waals surface area (Å²) >= 11 is 1.59. The maximum absolute atomic E-state index is 5.67. The van der Waals surface area contributed by atoms with Gasteiger partial charge in [0.2, 0.25) is 5.89 Å². The summed E-state index contributed by atoms with van der Waals surface area (Å²) in [6.45, 7) is 2.61.